The van der Waals surface area contributed by atoms with E-state index in [9.17, 15) is 0 Å². The monoisotopic (exact) mass is 186 g/mol. The first kappa shape index (κ1) is 9.64. The average molecular weight is 186 g/mol. The SMILES string of the molecule is CCOC(CN)c1csc(C)n1. The molecule has 0 fully saturated rings. The Morgan fingerprint density at radius 2 is 2.50 bits per heavy atom. The smallest absolute Gasteiger partial charge is 0.112 e. The molecule has 0 radical (unpaired) electrons. The molecule has 1 aromatic heterocycles. The van der Waals surface area contributed by atoms with Crippen LogP contribution in [0.4, 0.5) is 0 Å². The van der Waals surface area contributed by atoms with Gasteiger partial charge in [-0.25, -0.2) is 4.98 Å². The maximum atomic E-state index is 5.54. The van der Waals surface area contributed by atoms with Crippen molar-refractivity contribution in [2.24, 2.45) is 5.73 Å². The molecule has 1 unspecified atom stereocenters. The van der Waals surface area contributed by atoms with Crippen molar-refractivity contribution in [1.29, 1.82) is 0 Å². The third kappa shape index (κ3) is 2.27. The van der Waals surface area contributed by atoms with E-state index in [-0.39, 0.29) is 6.10 Å². The lowest BCUT2D eigenvalue weighted by molar-refractivity contribution is 0.0662. The quantitative estimate of drug-likeness (QED) is 0.775. The molecule has 0 amide bonds. The highest BCUT2D eigenvalue weighted by Gasteiger charge is 2.11. The summed E-state index contributed by atoms with van der Waals surface area (Å²) in [5, 5.41) is 3.06. The van der Waals surface area contributed by atoms with E-state index in [1.54, 1.807) is 11.3 Å². The van der Waals surface area contributed by atoms with E-state index in [1.165, 1.54) is 0 Å². The van der Waals surface area contributed by atoms with Crippen LogP contribution in [0, 0.1) is 6.92 Å². The van der Waals surface area contributed by atoms with Crippen LogP contribution < -0.4 is 5.73 Å². The molecule has 1 heterocycles. The van der Waals surface area contributed by atoms with Gasteiger partial charge in [-0.2, -0.15) is 0 Å². The first-order chi connectivity index (χ1) is 5.77. The molecule has 12 heavy (non-hydrogen) atoms. The molecule has 1 atom stereocenters. The molecule has 0 saturated carbocycles. The summed E-state index contributed by atoms with van der Waals surface area (Å²) in [6.45, 7) is 5.12. The van der Waals surface area contributed by atoms with E-state index in [2.05, 4.69) is 4.98 Å². The van der Waals surface area contributed by atoms with Crippen molar-refractivity contribution in [1.82, 2.24) is 4.98 Å². The van der Waals surface area contributed by atoms with Crippen LogP contribution in [0.1, 0.15) is 23.7 Å². The second-order valence-electron chi connectivity index (χ2n) is 2.47. The zero-order valence-corrected chi connectivity index (χ0v) is 8.23. The first-order valence-corrected chi connectivity index (χ1v) is 4.89. The Morgan fingerprint density at radius 3 is 2.92 bits per heavy atom. The lowest BCUT2D eigenvalue weighted by Crippen LogP contribution is -2.16. The summed E-state index contributed by atoms with van der Waals surface area (Å²) < 4.78 is 5.41. The lowest BCUT2D eigenvalue weighted by Gasteiger charge is -2.11. The number of thiazole rings is 1. The molecular weight excluding hydrogens is 172 g/mol. The van der Waals surface area contributed by atoms with Crippen LogP contribution in [0.25, 0.3) is 0 Å². The van der Waals surface area contributed by atoms with Gasteiger partial charge in [-0.3, -0.25) is 0 Å². The van der Waals surface area contributed by atoms with E-state index in [0.29, 0.717) is 13.2 Å². The third-order valence-electron chi connectivity index (χ3n) is 1.55. The second kappa shape index (κ2) is 4.54. The fraction of sp³-hybridized carbons (Fsp3) is 0.625. The minimum atomic E-state index is -0.0278. The molecule has 0 saturated heterocycles. The van der Waals surface area contributed by atoms with Gasteiger partial charge in [-0.1, -0.05) is 0 Å². The number of rotatable bonds is 4. The molecule has 1 rings (SSSR count). The summed E-state index contributed by atoms with van der Waals surface area (Å²) >= 11 is 1.63. The highest BCUT2D eigenvalue weighted by atomic mass is 32.1. The summed E-state index contributed by atoms with van der Waals surface area (Å²) in [6, 6.07) is 0. The molecule has 0 aliphatic heterocycles. The Bertz CT molecular complexity index is 237. The van der Waals surface area contributed by atoms with Gasteiger partial charge in [0.1, 0.15) is 6.10 Å². The van der Waals surface area contributed by atoms with Crippen molar-refractivity contribution in [2.75, 3.05) is 13.2 Å². The van der Waals surface area contributed by atoms with Gasteiger partial charge >= 0.3 is 0 Å². The molecular formula is C8H14N2OS. The van der Waals surface area contributed by atoms with E-state index >= 15 is 0 Å². The van der Waals surface area contributed by atoms with Crippen LogP contribution in [0.3, 0.4) is 0 Å². The van der Waals surface area contributed by atoms with Gasteiger partial charge in [0.25, 0.3) is 0 Å². The van der Waals surface area contributed by atoms with Gasteiger partial charge in [0.05, 0.1) is 10.7 Å². The zero-order valence-electron chi connectivity index (χ0n) is 7.41. The number of aromatic nitrogens is 1. The Hall–Kier alpha value is -0.450. The normalized spacial score (nSPS) is 13.2. The maximum absolute atomic E-state index is 5.54. The van der Waals surface area contributed by atoms with Crippen molar-refractivity contribution < 1.29 is 4.74 Å². The zero-order chi connectivity index (χ0) is 8.97. The predicted octanol–water partition coefficient (Wildman–Crippen LogP) is 1.49. The molecule has 2 N–H and O–H groups in total. The minimum absolute atomic E-state index is 0.0278. The van der Waals surface area contributed by atoms with Gasteiger partial charge < -0.3 is 10.5 Å². The Morgan fingerprint density at radius 1 is 1.75 bits per heavy atom. The summed E-state index contributed by atoms with van der Waals surface area (Å²) in [5.74, 6) is 0. The molecule has 0 aliphatic carbocycles. The van der Waals surface area contributed by atoms with Crippen molar-refractivity contribution in [3.8, 4) is 0 Å². The largest absolute Gasteiger partial charge is 0.371 e. The molecule has 1 aromatic rings. The van der Waals surface area contributed by atoms with Gasteiger partial charge in [0.15, 0.2) is 0 Å². The Balaban J connectivity index is 2.66. The lowest BCUT2D eigenvalue weighted by atomic mass is 10.3. The van der Waals surface area contributed by atoms with E-state index in [1.807, 2.05) is 19.2 Å². The van der Waals surface area contributed by atoms with Gasteiger partial charge in [0, 0.05) is 18.5 Å². The molecule has 68 valence electrons. The average Bonchev–Trinajstić information content (AvgIpc) is 2.47. The second-order valence-corrected chi connectivity index (χ2v) is 3.53. The van der Waals surface area contributed by atoms with Crippen LogP contribution in [0.2, 0.25) is 0 Å². The molecule has 4 heteroatoms. The first-order valence-electron chi connectivity index (χ1n) is 4.01. The summed E-state index contributed by atoms with van der Waals surface area (Å²) in [4.78, 5) is 4.31. The Labute approximate surface area is 76.6 Å². The summed E-state index contributed by atoms with van der Waals surface area (Å²) in [5.41, 5.74) is 6.50. The number of aryl methyl sites for hydroxylation is 1. The fourth-order valence-corrected chi connectivity index (χ4v) is 1.66. The maximum Gasteiger partial charge on any atom is 0.112 e. The van der Waals surface area contributed by atoms with Gasteiger partial charge in [0.2, 0.25) is 0 Å². The van der Waals surface area contributed by atoms with Crippen LogP contribution in [-0.2, 0) is 4.74 Å². The molecule has 0 bridgehead atoms. The van der Waals surface area contributed by atoms with Crippen LogP contribution in [0.5, 0.6) is 0 Å². The van der Waals surface area contributed by atoms with Crippen molar-refractivity contribution in [2.45, 2.75) is 20.0 Å². The highest BCUT2D eigenvalue weighted by Crippen LogP contribution is 2.18. The topological polar surface area (TPSA) is 48.1 Å². The number of nitrogens with two attached hydrogens (primary N) is 1. The van der Waals surface area contributed by atoms with Crippen molar-refractivity contribution in [3.05, 3.63) is 16.1 Å². The standard InChI is InChI=1S/C8H14N2OS/c1-3-11-8(4-9)7-5-12-6(2)10-7/h5,8H,3-4,9H2,1-2H3. The van der Waals surface area contributed by atoms with E-state index in [4.69, 9.17) is 10.5 Å². The number of nitrogens with zero attached hydrogens (tertiary/aromatic N) is 1. The molecule has 0 aromatic carbocycles. The number of hydrogen-bond donors (Lipinski definition) is 1. The minimum Gasteiger partial charge on any atom is -0.371 e. The Kier molecular flexibility index (Phi) is 3.65. The fourth-order valence-electron chi connectivity index (χ4n) is 1.00. The summed E-state index contributed by atoms with van der Waals surface area (Å²) in [7, 11) is 0. The van der Waals surface area contributed by atoms with Crippen LogP contribution in [0.15, 0.2) is 5.38 Å². The predicted molar refractivity (Wildman–Crippen MR) is 50.3 cm³/mol. The van der Waals surface area contributed by atoms with E-state index < -0.39 is 0 Å². The van der Waals surface area contributed by atoms with Gasteiger partial charge in [-0.15, -0.1) is 11.3 Å². The summed E-state index contributed by atoms with van der Waals surface area (Å²) in [6.07, 6.45) is -0.0278. The third-order valence-corrected chi connectivity index (χ3v) is 2.34. The molecule has 0 aliphatic rings. The van der Waals surface area contributed by atoms with Crippen molar-refractivity contribution >= 4 is 11.3 Å². The van der Waals surface area contributed by atoms with Crippen molar-refractivity contribution in [3.63, 3.8) is 0 Å². The van der Waals surface area contributed by atoms with Crippen LogP contribution >= 0.6 is 11.3 Å². The number of hydrogen-bond acceptors (Lipinski definition) is 4. The highest BCUT2D eigenvalue weighted by molar-refractivity contribution is 7.09. The molecule has 3 nitrogen and oxygen atoms in total. The van der Waals surface area contributed by atoms with Gasteiger partial charge in [-0.05, 0) is 13.8 Å². The van der Waals surface area contributed by atoms with E-state index in [0.717, 1.165) is 10.7 Å². The molecule has 0 spiro atoms. The van der Waals surface area contributed by atoms with Crippen LogP contribution in [-0.4, -0.2) is 18.1 Å². The number of ether oxygens (including phenoxy) is 1.